The van der Waals surface area contributed by atoms with Gasteiger partial charge in [0.25, 0.3) is 5.91 Å². The maximum Gasteiger partial charge on any atom is 0.265 e. The Morgan fingerprint density at radius 2 is 2.14 bits per heavy atom. The number of rotatable bonds is 5. The van der Waals surface area contributed by atoms with Gasteiger partial charge in [0.15, 0.2) is 0 Å². The second-order valence-corrected chi connectivity index (χ2v) is 5.22. The van der Waals surface area contributed by atoms with Crippen molar-refractivity contribution in [3.05, 3.63) is 40.4 Å². The monoisotopic (exact) mass is 304 g/mol. The van der Waals surface area contributed by atoms with Crippen molar-refractivity contribution in [1.29, 1.82) is 0 Å². The second-order valence-electron chi connectivity index (χ2n) is 4.47. The minimum atomic E-state index is -0.174. The van der Waals surface area contributed by atoms with Crippen molar-refractivity contribution in [2.75, 3.05) is 5.32 Å². The minimum Gasteiger partial charge on any atom is -0.347 e. The first-order chi connectivity index (χ1) is 10.1. The summed E-state index contributed by atoms with van der Waals surface area (Å²) >= 11 is 1.10. The average Bonchev–Trinajstić information content (AvgIpc) is 2.93. The van der Waals surface area contributed by atoms with Crippen LogP contribution in [0.4, 0.5) is 5.69 Å². The highest BCUT2D eigenvalue weighted by molar-refractivity contribution is 7.08. The van der Waals surface area contributed by atoms with Gasteiger partial charge in [-0.05, 0) is 35.6 Å². The normalized spacial score (nSPS) is 10.2. The molecule has 2 rings (SSSR count). The first kappa shape index (κ1) is 15.1. The number of carbonyl (C=O) groups excluding carboxylic acids is 2. The Hall–Kier alpha value is -2.28. The molecule has 7 heteroatoms. The van der Waals surface area contributed by atoms with Gasteiger partial charge in [0, 0.05) is 19.2 Å². The molecule has 21 heavy (non-hydrogen) atoms. The Morgan fingerprint density at radius 1 is 1.33 bits per heavy atom. The molecule has 110 valence electrons. The third kappa shape index (κ3) is 4.09. The lowest BCUT2D eigenvalue weighted by atomic mass is 10.2. The van der Waals surface area contributed by atoms with E-state index >= 15 is 0 Å². The summed E-state index contributed by atoms with van der Waals surface area (Å²) in [6.45, 7) is 3.77. The highest BCUT2D eigenvalue weighted by atomic mass is 32.1. The predicted molar refractivity (Wildman–Crippen MR) is 81.2 cm³/mol. The highest BCUT2D eigenvalue weighted by Crippen LogP contribution is 2.13. The number of amides is 2. The lowest BCUT2D eigenvalue weighted by Crippen LogP contribution is -2.23. The number of benzene rings is 1. The fourth-order valence-electron chi connectivity index (χ4n) is 1.84. The van der Waals surface area contributed by atoms with Crippen molar-refractivity contribution in [3.63, 3.8) is 0 Å². The Labute approximate surface area is 126 Å². The van der Waals surface area contributed by atoms with Gasteiger partial charge in [-0.1, -0.05) is 23.5 Å². The van der Waals surface area contributed by atoms with Crippen LogP contribution in [0.15, 0.2) is 24.3 Å². The molecule has 0 saturated carbocycles. The highest BCUT2D eigenvalue weighted by Gasteiger charge is 2.14. The molecule has 2 N–H and O–H groups in total. The number of nitrogens with zero attached hydrogens (tertiary/aromatic N) is 2. The minimum absolute atomic E-state index is 0.125. The Morgan fingerprint density at radius 3 is 2.86 bits per heavy atom. The van der Waals surface area contributed by atoms with Crippen LogP contribution in [-0.2, 0) is 17.8 Å². The summed E-state index contributed by atoms with van der Waals surface area (Å²) in [6.07, 6.45) is 0.678. The summed E-state index contributed by atoms with van der Waals surface area (Å²) in [5.74, 6) is -0.300. The molecule has 6 nitrogen and oxygen atoms in total. The molecule has 0 atom stereocenters. The zero-order valence-corrected chi connectivity index (χ0v) is 12.7. The third-order valence-corrected chi connectivity index (χ3v) is 3.56. The Bertz CT molecular complexity index is 654. The van der Waals surface area contributed by atoms with E-state index < -0.39 is 0 Å². The van der Waals surface area contributed by atoms with Crippen molar-refractivity contribution in [2.45, 2.75) is 26.8 Å². The van der Waals surface area contributed by atoms with E-state index in [2.05, 4.69) is 20.2 Å². The number of aryl methyl sites for hydroxylation is 1. The fraction of sp³-hybridized carbons (Fsp3) is 0.286. The molecule has 0 spiro atoms. The van der Waals surface area contributed by atoms with Crippen LogP contribution in [0.1, 0.15) is 34.8 Å². The second kappa shape index (κ2) is 6.94. The average molecular weight is 304 g/mol. The molecule has 2 aromatic rings. The van der Waals surface area contributed by atoms with Gasteiger partial charge in [0.05, 0.1) is 5.69 Å². The molecule has 0 aliphatic heterocycles. The van der Waals surface area contributed by atoms with E-state index in [1.54, 1.807) is 6.07 Å². The number of anilines is 1. The van der Waals surface area contributed by atoms with Gasteiger partial charge >= 0.3 is 0 Å². The zero-order valence-electron chi connectivity index (χ0n) is 11.8. The Balaban J connectivity index is 1.99. The van der Waals surface area contributed by atoms with Crippen molar-refractivity contribution in [1.82, 2.24) is 14.9 Å². The lowest BCUT2D eigenvalue weighted by Gasteiger charge is -2.07. The van der Waals surface area contributed by atoms with E-state index in [1.807, 2.05) is 25.1 Å². The van der Waals surface area contributed by atoms with Gasteiger partial charge in [0.2, 0.25) is 5.91 Å². The van der Waals surface area contributed by atoms with E-state index in [-0.39, 0.29) is 11.8 Å². The summed E-state index contributed by atoms with van der Waals surface area (Å²) in [5.41, 5.74) is 2.33. The van der Waals surface area contributed by atoms with Crippen LogP contribution in [0.5, 0.6) is 0 Å². The standard InChI is InChI=1S/C14H16N4O2S/c1-3-12-13(21-18-17-12)14(20)15-8-10-5-4-6-11(7-10)16-9(2)19/h4-7H,3,8H2,1-2H3,(H,15,20)(H,16,19). The maximum atomic E-state index is 12.1. The van der Waals surface area contributed by atoms with Gasteiger partial charge in [-0.3, -0.25) is 9.59 Å². The van der Waals surface area contributed by atoms with Gasteiger partial charge in [-0.15, -0.1) is 5.10 Å². The van der Waals surface area contributed by atoms with Crippen molar-refractivity contribution >= 4 is 29.0 Å². The van der Waals surface area contributed by atoms with Crippen LogP contribution in [0.2, 0.25) is 0 Å². The van der Waals surface area contributed by atoms with Crippen molar-refractivity contribution in [2.24, 2.45) is 0 Å². The topological polar surface area (TPSA) is 84.0 Å². The van der Waals surface area contributed by atoms with E-state index in [4.69, 9.17) is 0 Å². The largest absolute Gasteiger partial charge is 0.347 e. The summed E-state index contributed by atoms with van der Waals surface area (Å²) in [7, 11) is 0. The van der Waals surface area contributed by atoms with Gasteiger partial charge < -0.3 is 10.6 Å². The molecular formula is C14H16N4O2S. The summed E-state index contributed by atoms with van der Waals surface area (Å²) in [6, 6.07) is 7.35. The fourth-order valence-corrected chi connectivity index (χ4v) is 2.50. The van der Waals surface area contributed by atoms with Crippen LogP contribution in [-0.4, -0.2) is 21.4 Å². The molecule has 1 heterocycles. The number of hydrogen-bond acceptors (Lipinski definition) is 5. The van der Waals surface area contributed by atoms with E-state index in [9.17, 15) is 9.59 Å². The third-order valence-electron chi connectivity index (χ3n) is 2.80. The molecule has 1 aromatic heterocycles. The van der Waals surface area contributed by atoms with Gasteiger partial charge in [-0.2, -0.15) is 0 Å². The Kier molecular flexibility index (Phi) is 4.99. The molecule has 0 saturated heterocycles. The quantitative estimate of drug-likeness (QED) is 0.884. The van der Waals surface area contributed by atoms with Gasteiger partial charge in [-0.25, -0.2) is 0 Å². The molecule has 0 fully saturated rings. The number of aromatic nitrogens is 2. The SMILES string of the molecule is CCc1nnsc1C(=O)NCc1cccc(NC(C)=O)c1. The molecule has 0 radical (unpaired) electrons. The van der Waals surface area contributed by atoms with E-state index in [0.29, 0.717) is 29.2 Å². The lowest BCUT2D eigenvalue weighted by molar-refractivity contribution is -0.114. The van der Waals surface area contributed by atoms with Crippen LogP contribution in [0.3, 0.4) is 0 Å². The van der Waals surface area contributed by atoms with Gasteiger partial charge in [0.1, 0.15) is 4.88 Å². The van der Waals surface area contributed by atoms with Crippen molar-refractivity contribution in [3.8, 4) is 0 Å². The van der Waals surface area contributed by atoms with Crippen molar-refractivity contribution < 1.29 is 9.59 Å². The molecule has 0 aliphatic carbocycles. The number of carbonyl (C=O) groups is 2. The summed E-state index contributed by atoms with van der Waals surface area (Å²) < 4.78 is 3.80. The van der Waals surface area contributed by atoms with Crippen LogP contribution in [0.25, 0.3) is 0 Å². The molecule has 1 aromatic carbocycles. The zero-order chi connectivity index (χ0) is 15.2. The number of hydrogen-bond donors (Lipinski definition) is 2. The van der Waals surface area contributed by atoms with Crippen LogP contribution >= 0.6 is 11.5 Å². The smallest absolute Gasteiger partial charge is 0.265 e. The maximum absolute atomic E-state index is 12.1. The molecular weight excluding hydrogens is 288 g/mol. The van der Waals surface area contributed by atoms with E-state index in [0.717, 1.165) is 17.1 Å². The summed E-state index contributed by atoms with van der Waals surface area (Å²) in [4.78, 5) is 23.6. The van der Waals surface area contributed by atoms with Crippen LogP contribution < -0.4 is 10.6 Å². The first-order valence-electron chi connectivity index (χ1n) is 6.56. The first-order valence-corrected chi connectivity index (χ1v) is 7.33. The molecule has 0 bridgehead atoms. The molecule has 2 amide bonds. The number of nitrogens with one attached hydrogen (secondary N) is 2. The summed E-state index contributed by atoms with van der Waals surface area (Å²) in [5, 5.41) is 9.46. The van der Waals surface area contributed by atoms with Crippen LogP contribution in [0, 0.1) is 0 Å². The molecule has 0 aliphatic rings. The predicted octanol–water partition coefficient (Wildman–Crippen LogP) is 1.99. The molecule has 0 unspecified atom stereocenters. The van der Waals surface area contributed by atoms with E-state index in [1.165, 1.54) is 6.92 Å².